The van der Waals surface area contributed by atoms with Gasteiger partial charge in [0.1, 0.15) is 5.75 Å². The molecule has 0 aromatic heterocycles. The molecule has 0 aliphatic carbocycles. The largest absolute Gasteiger partial charge is 0.497 e. The fourth-order valence-electron chi connectivity index (χ4n) is 1.78. The first-order valence-electron chi connectivity index (χ1n) is 6.46. The van der Waals surface area contributed by atoms with Crippen LogP contribution in [0.1, 0.15) is 5.56 Å². The van der Waals surface area contributed by atoms with Crippen molar-refractivity contribution >= 4 is 11.6 Å². The Kier molecular flexibility index (Phi) is 5.00. The van der Waals surface area contributed by atoms with Gasteiger partial charge in [-0.05, 0) is 29.8 Å². The summed E-state index contributed by atoms with van der Waals surface area (Å²) in [6, 6.07) is 17.3. The molecule has 0 radical (unpaired) electrons. The van der Waals surface area contributed by atoms with Crippen molar-refractivity contribution in [3.8, 4) is 5.75 Å². The van der Waals surface area contributed by atoms with Gasteiger partial charge in [-0.25, -0.2) is 0 Å². The lowest BCUT2D eigenvalue weighted by Crippen LogP contribution is -2.29. The third-order valence-electron chi connectivity index (χ3n) is 2.85. The average molecular weight is 270 g/mol. The van der Waals surface area contributed by atoms with Crippen LogP contribution in [0.2, 0.25) is 0 Å². The second-order valence-electron chi connectivity index (χ2n) is 4.35. The molecule has 20 heavy (non-hydrogen) atoms. The smallest absolute Gasteiger partial charge is 0.239 e. The Bertz CT molecular complexity index is 555. The van der Waals surface area contributed by atoms with E-state index < -0.39 is 0 Å². The molecular formula is C16H18N2O2. The van der Waals surface area contributed by atoms with Crippen LogP contribution < -0.4 is 15.4 Å². The number of anilines is 1. The van der Waals surface area contributed by atoms with Gasteiger partial charge in [-0.15, -0.1) is 0 Å². The number of carbonyl (C=O) groups excluding carboxylic acids is 1. The summed E-state index contributed by atoms with van der Waals surface area (Å²) in [4.78, 5) is 11.7. The molecule has 2 aromatic carbocycles. The summed E-state index contributed by atoms with van der Waals surface area (Å²) in [6.45, 7) is 0.750. The van der Waals surface area contributed by atoms with Gasteiger partial charge in [0, 0.05) is 12.2 Å². The Hall–Kier alpha value is -2.49. The van der Waals surface area contributed by atoms with E-state index in [0.29, 0.717) is 6.54 Å². The summed E-state index contributed by atoms with van der Waals surface area (Å²) in [5.41, 5.74) is 1.95. The van der Waals surface area contributed by atoms with Crippen LogP contribution in [0.15, 0.2) is 54.6 Å². The van der Waals surface area contributed by atoms with Gasteiger partial charge in [-0.3, -0.25) is 4.79 Å². The normalized spacial score (nSPS) is 9.85. The Balaban J connectivity index is 1.77. The summed E-state index contributed by atoms with van der Waals surface area (Å²) in [5.74, 6) is 0.746. The Labute approximate surface area is 118 Å². The van der Waals surface area contributed by atoms with E-state index in [4.69, 9.17) is 4.74 Å². The Morgan fingerprint density at radius 2 is 1.90 bits per heavy atom. The number of carbonyl (C=O) groups is 1. The van der Waals surface area contributed by atoms with Gasteiger partial charge in [-0.1, -0.05) is 30.3 Å². The first-order valence-corrected chi connectivity index (χ1v) is 6.46. The van der Waals surface area contributed by atoms with Crippen molar-refractivity contribution in [3.63, 3.8) is 0 Å². The number of nitrogens with one attached hydrogen (secondary N) is 2. The van der Waals surface area contributed by atoms with Gasteiger partial charge in [0.15, 0.2) is 0 Å². The maximum atomic E-state index is 11.7. The quantitative estimate of drug-likeness (QED) is 0.847. The number of amides is 1. The highest BCUT2D eigenvalue weighted by Crippen LogP contribution is 2.12. The van der Waals surface area contributed by atoms with E-state index in [1.165, 1.54) is 0 Å². The average Bonchev–Trinajstić information content (AvgIpc) is 2.52. The minimum Gasteiger partial charge on any atom is -0.497 e. The number of ether oxygens (including phenoxy) is 1. The third kappa shape index (κ3) is 4.31. The highest BCUT2D eigenvalue weighted by molar-refractivity contribution is 5.80. The van der Waals surface area contributed by atoms with E-state index in [2.05, 4.69) is 10.6 Å². The zero-order chi connectivity index (χ0) is 14.2. The molecule has 1 amide bonds. The highest BCUT2D eigenvalue weighted by atomic mass is 16.5. The fourth-order valence-corrected chi connectivity index (χ4v) is 1.78. The molecule has 4 nitrogen and oxygen atoms in total. The van der Waals surface area contributed by atoms with Crippen molar-refractivity contribution in [2.75, 3.05) is 19.0 Å². The lowest BCUT2D eigenvalue weighted by Gasteiger charge is -2.08. The van der Waals surface area contributed by atoms with Crippen LogP contribution in [-0.4, -0.2) is 19.6 Å². The molecule has 0 saturated heterocycles. The summed E-state index contributed by atoms with van der Waals surface area (Å²) in [7, 11) is 1.63. The van der Waals surface area contributed by atoms with E-state index in [1.807, 2.05) is 54.6 Å². The maximum absolute atomic E-state index is 11.7. The van der Waals surface area contributed by atoms with Gasteiger partial charge in [-0.2, -0.15) is 0 Å². The van der Waals surface area contributed by atoms with Gasteiger partial charge >= 0.3 is 0 Å². The minimum atomic E-state index is -0.0447. The van der Waals surface area contributed by atoms with Crippen LogP contribution in [0.3, 0.4) is 0 Å². The Morgan fingerprint density at radius 1 is 1.10 bits per heavy atom. The molecule has 0 saturated carbocycles. The molecule has 0 heterocycles. The minimum absolute atomic E-state index is 0.0447. The molecule has 104 valence electrons. The SMILES string of the molecule is COc1cccc(CNC(=O)CNc2ccccc2)c1. The zero-order valence-electron chi connectivity index (χ0n) is 11.4. The Morgan fingerprint density at radius 3 is 2.65 bits per heavy atom. The van der Waals surface area contributed by atoms with Gasteiger partial charge in [0.2, 0.25) is 5.91 Å². The van der Waals surface area contributed by atoms with Crippen molar-refractivity contribution in [1.82, 2.24) is 5.32 Å². The summed E-state index contributed by atoms with van der Waals surface area (Å²) >= 11 is 0. The summed E-state index contributed by atoms with van der Waals surface area (Å²) < 4.78 is 5.14. The third-order valence-corrected chi connectivity index (χ3v) is 2.85. The number of para-hydroxylation sites is 1. The molecule has 2 rings (SSSR count). The highest BCUT2D eigenvalue weighted by Gasteiger charge is 2.02. The first-order chi connectivity index (χ1) is 9.78. The molecule has 0 fully saturated rings. The van der Waals surface area contributed by atoms with Gasteiger partial charge in [0.25, 0.3) is 0 Å². The zero-order valence-corrected chi connectivity index (χ0v) is 11.4. The van der Waals surface area contributed by atoms with E-state index in [9.17, 15) is 4.79 Å². The van der Waals surface area contributed by atoms with Crippen molar-refractivity contribution in [3.05, 3.63) is 60.2 Å². The second-order valence-corrected chi connectivity index (χ2v) is 4.35. The molecule has 2 aromatic rings. The molecule has 0 unspecified atom stereocenters. The molecule has 0 spiro atoms. The van der Waals surface area contributed by atoms with E-state index >= 15 is 0 Å². The van der Waals surface area contributed by atoms with Gasteiger partial charge in [0.05, 0.1) is 13.7 Å². The van der Waals surface area contributed by atoms with E-state index in [-0.39, 0.29) is 12.5 Å². The van der Waals surface area contributed by atoms with Crippen LogP contribution in [0.25, 0.3) is 0 Å². The molecule has 0 bridgehead atoms. The number of benzene rings is 2. The number of rotatable bonds is 6. The van der Waals surface area contributed by atoms with Crippen molar-refractivity contribution < 1.29 is 9.53 Å². The van der Waals surface area contributed by atoms with Crippen LogP contribution in [0.4, 0.5) is 5.69 Å². The summed E-state index contributed by atoms with van der Waals surface area (Å²) in [5, 5.41) is 5.93. The number of methoxy groups -OCH3 is 1. The molecule has 0 aliphatic rings. The molecule has 0 aliphatic heterocycles. The molecule has 4 heteroatoms. The predicted molar refractivity (Wildman–Crippen MR) is 79.8 cm³/mol. The van der Waals surface area contributed by atoms with Crippen LogP contribution in [0, 0.1) is 0 Å². The van der Waals surface area contributed by atoms with Crippen LogP contribution >= 0.6 is 0 Å². The standard InChI is InChI=1S/C16H18N2O2/c1-20-15-9-5-6-13(10-15)11-18-16(19)12-17-14-7-3-2-4-8-14/h2-10,17H,11-12H2,1H3,(H,18,19). The van der Waals surface area contributed by atoms with Crippen molar-refractivity contribution in [2.24, 2.45) is 0 Å². The van der Waals surface area contributed by atoms with E-state index in [1.54, 1.807) is 7.11 Å². The summed E-state index contributed by atoms with van der Waals surface area (Å²) in [6.07, 6.45) is 0. The number of hydrogen-bond donors (Lipinski definition) is 2. The maximum Gasteiger partial charge on any atom is 0.239 e. The van der Waals surface area contributed by atoms with Crippen LogP contribution in [0.5, 0.6) is 5.75 Å². The van der Waals surface area contributed by atoms with Gasteiger partial charge < -0.3 is 15.4 Å². The lowest BCUT2D eigenvalue weighted by molar-refractivity contribution is -0.119. The molecular weight excluding hydrogens is 252 g/mol. The molecule has 0 atom stereocenters. The van der Waals surface area contributed by atoms with Crippen molar-refractivity contribution in [1.29, 1.82) is 0 Å². The lowest BCUT2D eigenvalue weighted by atomic mass is 10.2. The topological polar surface area (TPSA) is 50.4 Å². The van der Waals surface area contributed by atoms with Crippen molar-refractivity contribution in [2.45, 2.75) is 6.54 Å². The fraction of sp³-hybridized carbons (Fsp3) is 0.188. The number of hydrogen-bond acceptors (Lipinski definition) is 3. The van der Waals surface area contributed by atoms with E-state index in [0.717, 1.165) is 17.0 Å². The monoisotopic (exact) mass is 270 g/mol. The predicted octanol–water partition coefficient (Wildman–Crippen LogP) is 2.42. The first kappa shape index (κ1) is 13.9. The second kappa shape index (κ2) is 7.19. The molecule has 2 N–H and O–H groups in total. The van der Waals surface area contributed by atoms with Crippen LogP contribution in [-0.2, 0) is 11.3 Å².